The van der Waals surface area contributed by atoms with Gasteiger partial charge in [-0.25, -0.2) is 0 Å². The van der Waals surface area contributed by atoms with Gasteiger partial charge >= 0.3 is 0 Å². The fourth-order valence-electron chi connectivity index (χ4n) is 4.34. The highest BCUT2D eigenvalue weighted by Gasteiger charge is 2.36. The van der Waals surface area contributed by atoms with Crippen LogP contribution in [0.2, 0.25) is 0 Å². The lowest BCUT2D eigenvalue weighted by atomic mass is 10.0. The lowest BCUT2D eigenvalue weighted by molar-refractivity contribution is -0.132. The number of hydrogen-bond acceptors (Lipinski definition) is 4. The Kier molecular flexibility index (Phi) is 6.08. The number of rotatable bonds is 5. The highest BCUT2D eigenvalue weighted by Crippen LogP contribution is 2.24. The van der Waals surface area contributed by atoms with Crippen molar-refractivity contribution in [1.29, 1.82) is 0 Å². The summed E-state index contributed by atoms with van der Waals surface area (Å²) in [6.45, 7) is 4.94. The lowest BCUT2D eigenvalue weighted by Gasteiger charge is -2.33. The molecule has 0 aliphatic carbocycles. The molecule has 2 aliphatic rings. The highest BCUT2D eigenvalue weighted by molar-refractivity contribution is 6.21. The maximum absolute atomic E-state index is 12.7. The van der Waals surface area contributed by atoms with E-state index in [1.54, 1.807) is 23.1 Å². The summed E-state index contributed by atoms with van der Waals surface area (Å²) in [6.07, 6.45) is 1.45. The molecule has 2 heterocycles. The number of nitrogens with one attached hydrogen (secondary N) is 1. The number of hydrogen-bond donors (Lipinski definition) is 1. The van der Waals surface area contributed by atoms with E-state index in [-0.39, 0.29) is 42.6 Å². The molecule has 7 nitrogen and oxygen atoms in total. The van der Waals surface area contributed by atoms with E-state index in [2.05, 4.69) is 5.32 Å². The maximum atomic E-state index is 12.7. The van der Waals surface area contributed by atoms with Crippen LogP contribution in [0.25, 0.3) is 0 Å². The van der Waals surface area contributed by atoms with Gasteiger partial charge in [0, 0.05) is 37.7 Å². The summed E-state index contributed by atoms with van der Waals surface area (Å²) in [4.78, 5) is 53.2. The van der Waals surface area contributed by atoms with Crippen molar-refractivity contribution in [3.63, 3.8) is 0 Å². The van der Waals surface area contributed by atoms with Gasteiger partial charge in [0.25, 0.3) is 17.7 Å². The van der Waals surface area contributed by atoms with E-state index in [4.69, 9.17) is 0 Å². The third-order valence-electron chi connectivity index (χ3n) is 6.25. The zero-order valence-electron chi connectivity index (χ0n) is 18.4. The van der Waals surface area contributed by atoms with Crippen LogP contribution in [0.1, 0.15) is 61.5 Å². The van der Waals surface area contributed by atoms with Gasteiger partial charge < -0.3 is 10.2 Å². The minimum Gasteiger partial charge on any atom is -0.349 e. The van der Waals surface area contributed by atoms with Gasteiger partial charge in [-0.3, -0.25) is 24.1 Å². The number of fused-ring (bicyclic) bond motifs is 1. The van der Waals surface area contributed by atoms with Gasteiger partial charge in [-0.1, -0.05) is 29.8 Å². The second kappa shape index (κ2) is 8.94. The lowest BCUT2D eigenvalue weighted by Crippen LogP contribution is -2.47. The summed E-state index contributed by atoms with van der Waals surface area (Å²) in [5, 5.41) is 3.06. The zero-order valence-corrected chi connectivity index (χ0v) is 18.4. The molecule has 2 aromatic carbocycles. The second-order valence-electron chi connectivity index (χ2n) is 8.50. The number of amides is 4. The Bertz CT molecular complexity index is 1090. The summed E-state index contributed by atoms with van der Waals surface area (Å²) in [7, 11) is 0. The monoisotopic (exact) mass is 433 g/mol. The van der Waals surface area contributed by atoms with E-state index >= 15 is 0 Å². The van der Waals surface area contributed by atoms with Crippen LogP contribution in [0.5, 0.6) is 0 Å². The Hall–Kier alpha value is -3.48. The van der Waals surface area contributed by atoms with E-state index in [1.165, 1.54) is 0 Å². The van der Waals surface area contributed by atoms with Crippen molar-refractivity contribution in [1.82, 2.24) is 15.1 Å². The first kappa shape index (κ1) is 21.7. The number of likely N-dealkylation sites (tertiary alicyclic amines) is 1. The molecule has 2 aromatic rings. The molecule has 0 bridgehead atoms. The highest BCUT2D eigenvalue weighted by atomic mass is 16.2. The quantitative estimate of drug-likeness (QED) is 0.735. The molecule has 166 valence electrons. The van der Waals surface area contributed by atoms with Gasteiger partial charge in [0.1, 0.15) is 0 Å². The Balaban J connectivity index is 1.26. The minimum absolute atomic E-state index is 0.0191. The van der Waals surface area contributed by atoms with Gasteiger partial charge in [-0.15, -0.1) is 0 Å². The average molecular weight is 434 g/mol. The third kappa shape index (κ3) is 4.28. The summed E-state index contributed by atoms with van der Waals surface area (Å²) >= 11 is 0. The molecular formula is C25H27N3O4. The zero-order chi connectivity index (χ0) is 22.8. The molecule has 0 spiro atoms. The molecule has 1 saturated heterocycles. The van der Waals surface area contributed by atoms with Crippen LogP contribution in [-0.4, -0.2) is 59.1 Å². The number of imide groups is 1. The number of carbonyl (C=O) groups is 4. The van der Waals surface area contributed by atoms with E-state index in [1.807, 2.05) is 38.1 Å². The van der Waals surface area contributed by atoms with Crippen LogP contribution < -0.4 is 5.32 Å². The average Bonchev–Trinajstić information content (AvgIpc) is 3.02. The first-order valence-electron chi connectivity index (χ1n) is 11.0. The van der Waals surface area contributed by atoms with Gasteiger partial charge in [-0.05, 0) is 50.5 Å². The summed E-state index contributed by atoms with van der Waals surface area (Å²) in [5.74, 6) is -0.843. The topological polar surface area (TPSA) is 86.8 Å². The van der Waals surface area contributed by atoms with Crippen molar-refractivity contribution >= 4 is 23.6 Å². The van der Waals surface area contributed by atoms with Gasteiger partial charge in [0.15, 0.2) is 0 Å². The summed E-state index contributed by atoms with van der Waals surface area (Å²) in [5.41, 5.74) is 3.33. The van der Waals surface area contributed by atoms with Crippen molar-refractivity contribution in [3.8, 4) is 0 Å². The first-order valence-corrected chi connectivity index (χ1v) is 11.0. The molecule has 0 aromatic heterocycles. The smallest absolute Gasteiger partial charge is 0.261 e. The summed E-state index contributed by atoms with van der Waals surface area (Å²) in [6, 6.07) is 12.7. The molecule has 32 heavy (non-hydrogen) atoms. The van der Waals surface area contributed by atoms with Crippen LogP contribution in [-0.2, 0) is 4.79 Å². The Labute approximate surface area is 187 Å². The normalized spacial score (nSPS) is 16.3. The minimum atomic E-state index is -0.338. The molecule has 0 unspecified atom stereocenters. The molecule has 0 atom stereocenters. The van der Waals surface area contributed by atoms with E-state index in [9.17, 15) is 19.2 Å². The van der Waals surface area contributed by atoms with E-state index < -0.39 is 0 Å². The summed E-state index contributed by atoms with van der Waals surface area (Å²) < 4.78 is 0. The fraction of sp³-hybridized carbons (Fsp3) is 0.360. The predicted octanol–water partition coefficient (Wildman–Crippen LogP) is 2.71. The Morgan fingerprint density at radius 3 is 2.38 bits per heavy atom. The molecule has 2 aliphatic heterocycles. The van der Waals surface area contributed by atoms with Gasteiger partial charge in [-0.2, -0.15) is 0 Å². The largest absolute Gasteiger partial charge is 0.349 e. The Morgan fingerprint density at radius 2 is 1.66 bits per heavy atom. The number of aryl methyl sites for hydroxylation is 2. The van der Waals surface area contributed by atoms with Gasteiger partial charge in [0.05, 0.1) is 11.1 Å². The van der Waals surface area contributed by atoms with Crippen molar-refractivity contribution in [2.24, 2.45) is 0 Å². The number of benzene rings is 2. The Morgan fingerprint density at radius 1 is 0.969 bits per heavy atom. The first-order chi connectivity index (χ1) is 15.3. The molecule has 4 amide bonds. The standard InChI is InChI=1S/C25H27N3O4/c1-16-7-8-20-21(15-16)25(32)28(24(20)31)14-11-22(29)27-12-9-18(10-13-27)26-23(30)19-6-4-3-5-17(19)2/h3-8,15,18H,9-14H2,1-2H3,(H,26,30). The van der Waals surface area contributed by atoms with E-state index in [0.29, 0.717) is 42.6 Å². The van der Waals surface area contributed by atoms with E-state index in [0.717, 1.165) is 16.0 Å². The number of piperidine rings is 1. The van der Waals surface area contributed by atoms with Crippen LogP contribution in [0, 0.1) is 13.8 Å². The maximum Gasteiger partial charge on any atom is 0.261 e. The molecule has 0 saturated carbocycles. The number of nitrogens with zero attached hydrogens (tertiary/aromatic N) is 2. The van der Waals surface area contributed by atoms with Crippen LogP contribution >= 0.6 is 0 Å². The second-order valence-corrected chi connectivity index (χ2v) is 8.50. The van der Waals surface area contributed by atoms with Crippen LogP contribution in [0.4, 0.5) is 0 Å². The molecule has 4 rings (SSSR count). The van der Waals surface area contributed by atoms with Crippen LogP contribution in [0.3, 0.4) is 0 Å². The van der Waals surface area contributed by atoms with Gasteiger partial charge in [0.2, 0.25) is 5.91 Å². The van der Waals surface area contributed by atoms with Crippen LogP contribution in [0.15, 0.2) is 42.5 Å². The molecule has 0 radical (unpaired) electrons. The van der Waals surface area contributed by atoms with Crippen molar-refractivity contribution in [2.75, 3.05) is 19.6 Å². The van der Waals surface area contributed by atoms with Crippen molar-refractivity contribution in [2.45, 2.75) is 39.2 Å². The molecule has 1 N–H and O–H groups in total. The number of carbonyl (C=O) groups excluding carboxylic acids is 4. The SMILES string of the molecule is Cc1ccc2c(c1)C(=O)N(CCC(=O)N1CCC(NC(=O)c3ccccc3C)CC1)C2=O. The molecule has 7 heteroatoms. The molecule has 1 fully saturated rings. The van der Waals surface area contributed by atoms with Crippen molar-refractivity contribution in [3.05, 3.63) is 70.3 Å². The molecular weight excluding hydrogens is 406 g/mol. The predicted molar refractivity (Wildman–Crippen MR) is 119 cm³/mol. The third-order valence-corrected chi connectivity index (χ3v) is 6.25. The fourth-order valence-corrected chi connectivity index (χ4v) is 4.34. The van der Waals surface area contributed by atoms with Crippen molar-refractivity contribution < 1.29 is 19.2 Å².